The molecule has 0 spiro atoms. The van der Waals surface area contributed by atoms with Gasteiger partial charge in [0.25, 0.3) is 0 Å². The van der Waals surface area contributed by atoms with Crippen molar-refractivity contribution in [3.63, 3.8) is 0 Å². The molecule has 11 heavy (non-hydrogen) atoms. The zero-order chi connectivity index (χ0) is 8.16. The number of ether oxygens (including phenoxy) is 2. The van der Waals surface area contributed by atoms with Crippen LogP contribution in [-0.4, -0.2) is 18.9 Å². The minimum absolute atomic E-state index is 0.0417. The Balaban J connectivity index is 2.17. The molecule has 0 atom stereocenters. The van der Waals surface area contributed by atoms with E-state index in [1.165, 1.54) is 19.3 Å². The predicted octanol–water partition coefficient (Wildman–Crippen LogP) is 1.38. The first-order chi connectivity index (χ1) is 5.27. The van der Waals surface area contributed by atoms with Gasteiger partial charge in [-0.3, -0.25) is 0 Å². The van der Waals surface area contributed by atoms with Crippen LogP contribution in [0.15, 0.2) is 0 Å². The maximum absolute atomic E-state index is 9.66. The molecule has 1 rings (SSSR count). The number of carbonyl (C=O) groups excluding carboxylic acids is 1. The SMILES string of the molecule is CC1(OCO[C]=O)CCCC1. The second-order valence-electron chi connectivity index (χ2n) is 3.15. The van der Waals surface area contributed by atoms with E-state index in [1.54, 1.807) is 0 Å². The Bertz CT molecular complexity index is 127. The second-order valence-corrected chi connectivity index (χ2v) is 3.15. The Morgan fingerprint density at radius 3 is 2.64 bits per heavy atom. The van der Waals surface area contributed by atoms with Crippen molar-refractivity contribution >= 4 is 6.47 Å². The smallest absolute Gasteiger partial charge is 0.419 e. The molecule has 63 valence electrons. The van der Waals surface area contributed by atoms with Crippen LogP contribution in [-0.2, 0) is 14.3 Å². The molecule has 0 amide bonds. The molecule has 3 nitrogen and oxygen atoms in total. The molecule has 0 aromatic rings. The largest absolute Gasteiger partial charge is 0.430 e. The fourth-order valence-corrected chi connectivity index (χ4v) is 1.46. The molecule has 1 aliphatic rings. The summed E-state index contributed by atoms with van der Waals surface area (Å²) < 4.78 is 9.68. The normalized spacial score (nSPS) is 21.5. The lowest BCUT2D eigenvalue weighted by molar-refractivity contribution is -0.0973. The summed E-state index contributed by atoms with van der Waals surface area (Å²) in [5, 5.41) is 0. The van der Waals surface area contributed by atoms with Crippen LogP contribution < -0.4 is 0 Å². The monoisotopic (exact) mass is 157 g/mol. The molecule has 0 N–H and O–H groups in total. The molecule has 0 aliphatic heterocycles. The standard InChI is InChI=1S/C8H13O3/c1-8(4-2-3-5-8)11-7-10-6-9/h2-5,7H2,1H3. The van der Waals surface area contributed by atoms with Gasteiger partial charge in [0, 0.05) is 0 Å². The molecule has 1 fully saturated rings. The third-order valence-corrected chi connectivity index (χ3v) is 2.19. The summed E-state index contributed by atoms with van der Waals surface area (Å²) in [5.41, 5.74) is -0.0587. The van der Waals surface area contributed by atoms with Crippen LogP contribution in [0, 0.1) is 0 Å². The lowest BCUT2D eigenvalue weighted by Crippen LogP contribution is -2.25. The molecular weight excluding hydrogens is 144 g/mol. The average molecular weight is 157 g/mol. The van der Waals surface area contributed by atoms with Crippen molar-refractivity contribution in [2.24, 2.45) is 0 Å². The van der Waals surface area contributed by atoms with Crippen molar-refractivity contribution in [3.05, 3.63) is 0 Å². The second kappa shape index (κ2) is 3.72. The molecule has 1 saturated carbocycles. The van der Waals surface area contributed by atoms with Gasteiger partial charge in [0.2, 0.25) is 0 Å². The minimum Gasteiger partial charge on any atom is -0.430 e. The first-order valence-electron chi connectivity index (χ1n) is 3.90. The third-order valence-electron chi connectivity index (χ3n) is 2.19. The highest BCUT2D eigenvalue weighted by molar-refractivity contribution is 5.37. The van der Waals surface area contributed by atoms with E-state index in [0.29, 0.717) is 0 Å². The summed E-state index contributed by atoms with van der Waals surface area (Å²) in [7, 11) is 0. The summed E-state index contributed by atoms with van der Waals surface area (Å²) in [5.74, 6) is 0. The molecule has 0 aromatic carbocycles. The lowest BCUT2D eigenvalue weighted by atomic mass is 10.1. The van der Waals surface area contributed by atoms with Gasteiger partial charge in [0.05, 0.1) is 5.60 Å². The van der Waals surface area contributed by atoms with E-state index in [4.69, 9.17) is 4.74 Å². The minimum atomic E-state index is -0.0587. The Kier molecular flexibility index (Phi) is 2.88. The Morgan fingerprint density at radius 2 is 2.09 bits per heavy atom. The molecule has 0 aromatic heterocycles. The van der Waals surface area contributed by atoms with Crippen LogP contribution in [0.25, 0.3) is 0 Å². The van der Waals surface area contributed by atoms with Gasteiger partial charge in [-0.2, -0.15) is 0 Å². The molecule has 0 bridgehead atoms. The van der Waals surface area contributed by atoms with E-state index < -0.39 is 0 Å². The van der Waals surface area contributed by atoms with Gasteiger partial charge >= 0.3 is 6.47 Å². The van der Waals surface area contributed by atoms with Crippen molar-refractivity contribution in [1.29, 1.82) is 0 Å². The van der Waals surface area contributed by atoms with Crippen molar-refractivity contribution in [1.82, 2.24) is 0 Å². The van der Waals surface area contributed by atoms with Crippen molar-refractivity contribution in [2.75, 3.05) is 6.79 Å². The predicted molar refractivity (Wildman–Crippen MR) is 39.6 cm³/mol. The summed E-state index contributed by atoms with van der Waals surface area (Å²) >= 11 is 0. The van der Waals surface area contributed by atoms with Crippen LogP contribution in [0.5, 0.6) is 0 Å². The maximum Gasteiger partial charge on any atom is 0.419 e. The van der Waals surface area contributed by atoms with E-state index in [0.717, 1.165) is 12.8 Å². The van der Waals surface area contributed by atoms with Gasteiger partial charge in [-0.25, -0.2) is 4.79 Å². The summed E-state index contributed by atoms with van der Waals surface area (Å²) in [4.78, 5) is 9.66. The van der Waals surface area contributed by atoms with E-state index in [-0.39, 0.29) is 12.4 Å². The van der Waals surface area contributed by atoms with Gasteiger partial charge in [0.15, 0.2) is 6.79 Å². The Labute approximate surface area is 66.7 Å². The number of hydrogen-bond acceptors (Lipinski definition) is 3. The summed E-state index contributed by atoms with van der Waals surface area (Å²) in [6.07, 6.45) is 4.55. The van der Waals surface area contributed by atoms with Crippen molar-refractivity contribution in [2.45, 2.75) is 38.2 Å². The Morgan fingerprint density at radius 1 is 1.45 bits per heavy atom. The summed E-state index contributed by atoms with van der Waals surface area (Å²) in [6, 6.07) is 0. The van der Waals surface area contributed by atoms with Crippen molar-refractivity contribution < 1.29 is 14.3 Å². The van der Waals surface area contributed by atoms with Gasteiger partial charge in [0.1, 0.15) is 0 Å². The Hall–Kier alpha value is -0.570. The highest BCUT2D eigenvalue weighted by Gasteiger charge is 2.29. The van der Waals surface area contributed by atoms with Gasteiger partial charge in [-0.05, 0) is 19.8 Å². The van der Waals surface area contributed by atoms with Crippen LogP contribution in [0.3, 0.4) is 0 Å². The van der Waals surface area contributed by atoms with E-state index >= 15 is 0 Å². The first-order valence-corrected chi connectivity index (χ1v) is 3.90. The zero-order valence-corrected chi connectivity index (χ0v) is 6.76. The van der Waals surface area contributed by atoms with Crippen LogP contribution >= 0.6 is 0 Å². The molecule has 3 heteroatoms. The lowest BCUT2D eigenvalue weighted by Gasteiger charge is -2.22. The number of hydrogen-bond donors (Lipinski definition) is 0. The van der Waals surface area contributed by atoms with Crippen LogP contribution in [0.1, 0.15) is 32.6 Å². The van der Waals surface area contributed by atoms with Crippen molar-refractivity contribution in [3.8, 4) is 0 Å². The van der Waals surface area contributed by atoms with Gasteiger partial charge in [-0.1, -0.05) is 12.8 Å². The maximum atomic E-state index is 9.66. The van der Waals surface area contributed by atoms with E-state index in [1.807, 2.05) is 6.92 Å². The molecular formula is C8H13O3. The summed E-state index contributed by atoms with van der Waals surface area (Å²) in [6.45, 7) is 3.43. The zero-order valence-electron chi connectivity index (χ0n) is 6.76. The molecule has 1 aliphatic carbocycles. The molecule has 1 radical (unpaired) electrons. The van der Waals surface area contributed by atoms with E-state index in [9.17, 15) is 4.79 Å². The third kappa shape index (κ3) is 2.50. The fraction of sp³-hybridized carbons (Fsp3) is 0.875. The average Bonchev–Trinajstić information content (AvgIpc) is 2.38. The van der Waals surface area contributed by atoms with Crippen LogP contribution in [0.2, 0.25) is 0 Å². The van der Waals surface area contributed by atoms with Crippen LogP contribution in [0.4, 0.5) is 0 Å². The van der Waals surface area contributed by atoms with Gasteiger partial charge in [-0.15, -0.1) is 0 Å². The number of rotatable bonds is 4. The first kappa shape index (κ1) is 8.53. The van der Waals surface area contributed by atoms with E-state index in [2.05, 4.69) is 4.74 Å². The van der Waals surface area contributed by atoms with Gasteiger partial charge < -0.3 is 9.47 Å². The quantitative estimate of drug-likeness (QED) is 0.457. The topological polar surface area (TPSA) is 35.5 Å². The fourth-order valence-electron chi connectivity index (χ4n) is 1.46. The molecule has 0 saturated heterocycles. The molecule has 0 heterocycles. The highest BCUT2D eigenvalue weighted by Crippen LogP contribution is 2.32. The highest BCUT2D eigenvalue weighted by atomic mass is 16.7. The molecule has 0 unspecified atom stereocenters.